The molecule has 22 heavy (non-hydrogen) atoms. The lowest BCUT2D eigenvalue weighted by Crippen LogP contribution is -2.37. The minimum atomic E-state index is -0.260. The quantitative estimate of drug-likeness (QED) is 0.848. The maximum Gasteiger partial charge on any atom is 0.191 e. The van der Waals surface area contributed by atoms with E-state index in [-0.39, 0.29) is 5.82 Å². The number of hydrogen-bond acceptors (Lipinski definition) is 4. The molecule has 0 N–H and O–H groups in total. The van der Waals surface area contributed by atoms with E-state index in [1.54, 1.807) is 18.4 Å². The number of likely N-dealkylation sites (tertiary alicyclic amines) is 1. The second kappa shape index (κ2) is 6.92. The Kier molecular flexibility index (Phi) is 4.73. The highest BCUT2D eigenvalue weighted by Gasteiger charge is 2.21. The van der Waals surface area contributed by atoms with E-state index in [1.165, 1.54) is 12.1 Å². The Bertz CT molecular complexity index is 614. The fraction of sp³-hybridized carbons (Fsp3) is 0.471. The molecule has 1 aromatic carbocycles. The van der Waals surface area contributed by atoms with Crippen LogP contribution in [0, 0.1) is 18.7 Å². The van der Waals surface area contributed by atoms with Crippen molar-refractivity contribution in [3.63, 3.8) is 0 Å². The van der Waals surface area contributed by atoms with Crippen LogP contribution < -0.4 is 4.74 Å². The highest BCUT2D eigenvalue weighted by Crippen LogP contribution is 2.20. The first-order valence-corrected chi connectivity index (χ1v) is 7.71. The van der Waals surface area contributed by atoms with Crippen molar-refractivity contribution in [1.82, 2.24) is 9.88 Å². The zero-order valence-corrected chi connectivity index (χ0v) is 12.8. The van der Waals surface area contributed by atoms with E-state index in [9.17, 15) is 4.39 Å². The van der Waals surface area contributed by atoms with Crippen LogP contribution >= 0.6 is 0 Å². The zero-order valence-electron chi connectivity index (χ0n) is 12.8. The molecule has 1 saturated heterocycles. The van der Waals surface area contributed by atoms with Crippen molar-refractivity contribution < 1.29 is 13.5 Å². The predicted octanol–water partition coefficient (Wildman–Crippen LogP) is 3.41. The molecule has 118 valence electrons. The van der Waals surface area contributed by atoms with Gasteiger partial charge in [0.05, 0.1) is 12.3 Å². The predicted molar refractivity (Wildman–Crippen MR) is 81.1 cm³/mol. The van der Waals surface area contributed by atoms with E-state index in [1.807, 2.05) is 6.92 Å². The summed E-state index contributed by atoms with van der Waals surface area (Å²) >= 11 is 0. The van der Waals surface area contributed by atoms with Gasteiger partial charge in [0.15, 0.2) is 5.89 Å². The number of oxazole rings is 1. The lowest BCUT2D eigenvalue weighted by Gasteiger charge is -2.32. The third kappa shape index (κ3) is 4.07. The average Bonchev–Trinajstić information content (AvgIpc) is 2.91. The fourth-order valence-electron chi connectivity index (χ4n) is 2.91. The maximum absolute atomic E-state index is 13.1. The normalized spacial score (nSPS) is 19.3. The summed E-state index contributed by atoms with van der Waals surface area (Å²) in [7, 11) is 0. The molecule has 1 aromatic heterocycles. The van der Waals surface area contributed by atoms with Crippen molar-refractivity contribution in [2.24, 2.45) is 5.92 Å². The molecule has 1 aliphatic rings. The van der Waals surface area contributed by atoms with E-state index in [4.69, 9.17) is 9.15 Å². The Labute approximate surface area is 129 Å². The molecule has 0 saturated carbocycles. The second-order valence-corrected chi connectivity index (χ2v) is 5.87. The molecule has 2 heterocycles. The molecule has 1 aliphatic heterocycles. The highest BCUT2D eigenvalue weighted by atomic mass is 19.1. The number of halogens is 1. The van der Waals surface area contributed by atoms with Gasteiger partial charge in [-0.2, -0.15) is 0 Å². The van der Waals surface area contributed by atoms with E-state index in [0.717, 1.165) is 38.2 Å². The summed E-state index contributed by atoms with van der Waals surface area (Å²) in [4.78, 5) is 6.73. The topological polar surface area (TPSA) is 38.5 Å². The van der Waals surface area contributed by atoms with E-state index < -0.39 is 0 Å². The van der Waals surface area contributed by atoms with Gasteiger partial charge in [-0.05, 0) is 31.5 Å². The van der Waals surface area contributed by atoms with Crippen LogP contribution in [0.1, 0.15) is 24.4 Å². The number of piperidine rings is 1. The minimum Gasteiger partial charge on any atom is -0.493 e. The molecular formula is C17H21FN2O2. The summed E-state index contributed by atoms with van der Waals surface area (Å²) in [5.74, 6) is 1.51. The largest absolute Gasteiger partial charge is 0.493 e. The van der Waals surface area contributed by atoms with Crippen LogP contribution in [0.2, 0.25) is 0 Å². The van der Waals surface area contributed by atoms with Crippen LogP contribution in [0.5, 0.6) is 5.75 Å². The Morgan fingerprint density at radius 1 is 1.45 bits per heavy atom. The van der Waals surface area contributed by atoms with Gasteiger partial charge in [0, 0.05) is 32.0 Å². The van der Waals surface area contributed by atoms with Gasteiger partial charge in [0.2, 0.25) is 0 Å². The van der Waals surface area contributed by atoms with Crippen LogP contribution in [0.3, 0.4) is 0 Å². The lowest BCUT2D eigenvalue weighted by atomic mass is 9.99. The molecule has 0 spiro atoms. The molecule has 1 fully saturated rings. The van der Waals surface area contributed by atoms with E-state index in [0.29, 0.717) is 24.2 Å². The Balaban J connectivity index is 1.50. The number of benzene rings is 1. The van der Waals surface area contributed by atoms with Crippen LogP contribution in [0.4, 0.5) is 4.39 Å². The molecule has 1 atom stereocenters. The average molecular weight is 304 g/mol. The number of aryl methyl sites for hydroxylation is 1. The van der Waals surface area contributed by atoms with Crippen molar-refractivity contribution in [3.8, 4) is 5.75 Å². The molecular weight excluding hydrogens is 283 g/mol. The van der Waals surface area contributed by atoms with Gasteiger partial charge in [0.25, 0.3) is 0 Å². The molecule has 0 amide bonds. The Morgan fingerprint density at radius 3 is 3.14 bits per heavy atom. The monoisotopic (exact) mass is 304 g/mol. The van der Waals surface area contributed by atoms with Crippen LogP contribution in [0.25, 0.3) is 0 Å². The minimum absolute atomic E-state index is 0.260. The molecule has 0 bridgehead atoms. The summed E-state index contributed by atoms with van der Waals surface area (Å²) in [6, 6.07) is 6.32. The number of nitrogens with zero attached hydrogens (tertiary/aromatic N) is 2. The van der Waals surface area contributed by atoms with Crippen LogP contribution in [-0.4, -0.2) is 29.6 Å². The number of rotatable bonds is 5. The van der Waals surface area contributed by atoms with Gasteiger partial charge in [-0.25, -0.2) is 9.37 Å². The molecule has 0 unspecified atom stereocenters. The summed E-state index contributed by atoms with van der Waals surface area (Å²) in [6.45, 7) is 5.34. The summed E-state index contributed by atoms with van der Waals surface area (Å²) in [5, 5.41) is 0. The molecule has 0 radical (unpaired) electrons. The van der Waals surface area contributed by atoms with Crippen molar-refractivity contribution >= 4 is 0 Å². The second-order valence-electron chi connectivity index (χ2n) is 5.87. The van der Waals surface area contributed by atoms with E-state index >= 15 is 0 Å². The van der Waals surface area contributed by atoms with Gasteiger partial charge in [-0.15, -0.1) is 0 Å². The Morgan fingerprint density at radius 2 is 2.36 bits per heavy atom. The van der Waals surface area contributed by atoms with Crippen molar-refractivity contribution in [2.75, 3.05) is 19.7 Å². The van der Waals surface area contributed by atoms with Crippen molar-refractivity contribution in [1.29, 1.82) is 0 Å². The molecule has 2 aromatic rings. The first-order chi connectivity index (χ1) is 10.7. The van der Waals surface area contributed by atoms with Crippen molar-refractivity contribution in [2.45, 2.75) is 26.3 Å². The molecule has 4 nitrogen and oxygen atoms in total. The zero-order chi connectivity index (χ0) is 15.4. The van der Waals surface area contributed by atoms with Crippen molar-refractivity contribution in [3.05, 3.63) is 47.9 Å². The first kappa shape index (κ1) is 15.0. The summed E-state index contributed by atoms with van der Waals surface area (Å²) < 4.78 is 24.1. The molecule has 5 heteroatoms. The third-order valence-corrected chi connectivity index (χ3v) is 3.94. The van der Waals surface area contributed by atoms with Crippen LogP contribution in [0.15, 0.2) is 34.9 Å². The molecule has 0 aliphatic carbocycles. The summed E-state index contributed by atoms with van der Waals surface area (Å²) in [6.07, 6.45) is 4.01. The number of ether oxygens (including phenoxy) is 1. The van der Waals surface area contributed by atoms with E-state index in [2.05, 4.69) is 9.88 Å². The standard InChI is InChI=1S/C17H21FN2O2/c1-13-19-16(12-21-13)10-20-7-3-4-14(9-20)11-22-17-6-2-5-15(18)8-17/h2,5-6,8,12,14H,3-4,7,9-11H2,1H3/t14-/m1/s1. The van der Waals surface area contributed by atoms with Gasteiger partial charge in [-0.1, -0.05) is 6.07 Å². The first-order valence-electron chi connectivity index (χ1n) is 7.71. The molecule has 3 rings (SSSR count). The SMILES string of the molecule is Cc1nc(CN2CCC[C@@H](COc3cccc(F)c3)C2)co1. The highest BCUT2D eigenvalue weighted by molar-refractivity contribution is 5.22. The van der Waals surface area contributed by atoms with Gasteiger partial charge in [0.1, 0.15) is 17.8 Å². The maximum atomic E-state index is 13.1. The summed E-state index contributed by atoms with van der Waals surface area (Å²) in [5.41, 5.74) is 0.976. The number of aromatic nitrogens is 1. The smallest absolute Gasteiger partial charge is 0.191 e. The fourth-order valence-corrected chi connectivity index (χ4v) is 2.91. The van der Waals surface area contributed by atoms with Gasteiger partial charge in [-0.3, -0.25) is 4.90 Å². The van der Waals surface area contributed by atoms with Gasteiger partial charge < -0.3 is 9.15 Å². The lowest BCUT2D eigenvalue weighted by molar-refractivity contribution is 0.124. The third-order valence-electron chi connectivity index (χ3n) is 3.94. The number of hydrogen-bond donors (Lipinski definition) is 0. The van der Waals surface area contributed by atoms with Gasteiger partial charge >= 0.3 is 0 Å². The van der Waals surface area contributed by atoms with Crippen LogP contribution in [-0.2, 0) is 6.54 Å². The Hall–Kier alpha value is -1.88.